The summed E-state index contributed by atoms with van der Waals surface area (Å²) in [6.07, 6.45) is 1.71. The fourth-order valence-electron chi connectivity index (χ4n) is 1.43. The lowest BCUT2D eigenvalue weighted by Gasteiger charge is -2.02. The summed E-state index contributed by atoms with van der Waals surface area (Å²) in [5, 5.41) is 22.9. The molecule has 0 aliphatic carbocycles. The van der Waals surface area contributed by atoms with Gasteiger partial charge in [0.15, 0.2) is 0 Å². The van der Waals surface area contributed by atoms with E-state index in [0.717, 1.165) is 11.3 Å². The Balaban J connectivity index is 2.50. The fourth-order valence-corrected chi connectivity index (χ4v) is 1.43. The first kappa shape index (κ1) is 9.73. The highest BCUT2D eigenvalue weighted by atomic mass is 16.3. The number of aliphatic hydroxyl groups excluding tert-OH is 1. The number of benzene rings is 1. The molecule has 0 radical (unpaired) electrons. The van der Waals surface area contributed by atoms with Gasteiger partial charge in [-0.3, -0.25) is 0 Å². The van der Waals surface area contributed by atoms with Gasteiger partial charge in [-0.05, 0) is 19.1 Å². The van der Waals surface area contributed by atoms with E-state index in [1.807, 2.05) is 13.0 Å². The Morgan fingerprint density at radius 3 is 2.67 bits per heavy atom. The van der Waals surface area contributed by atoms with E-state index < -0.39 is 0 Å². The lowest BCUT2D eigenvalue weighted by molar-refractivity contribution is 0.281. The summed E-state index contributed by atoms with van der Waals surface area (Å²) in [5.74, 6) is 0.171. The largest absolute Gasteiger partial charge is 0.506 e. The Morgan fingerprint density at radius 1 is 1.33 bits per heavy atom. The van der Waals surface area contributed by atoms with Gasteiger partial charge in [0.2, 0.25) is 0 Å². The number of nitrogens with zero attached hydrogens (tertiary/aromatic N) is 2. The Morgan fingerprint density at radius 2 is 2.07 bits per heavy atom. The molecule has 4 heteroatoms. The molecule has 0 atom stereocenters. The van der Waals surface area contributed by atoms with Gasteiger partial charge >= 0.3 is 0 Å². The lowest BCUT2D eigenvalue weighted by Crippen LogP contribution is -1.94. The molecule has 0 saturated carbocycles. The van der Waals surface area contributed by atoms with Crippen LogP contribution in [-0.4, -0.2) is 20.0 Å². The van der Waals surface area contributed by atoms with Gasteiger partial charge in [0.05, 0.1) is 12.3 Å². The molecule has 1 heterocycles. The number of phenols is 1. The molecule has 0 aliphatic rings. The van der Waals surface area contributed by atoms with Crippen molar-refractivity contribution >= 4 is 0 Å². The van der Waals surface area contributed by atoms with Gasteiger partial charge in [0, 0.05) is 11.8 Å². The van der Waals surface area contributed by atoms with Crippen molar-refractivity contribution in [3.63, 3.8) is 0 Å². The van der Waals surface area contributed by atoms with Crippen LogP contribution in [0.15, 0.2) is 30.5 Å². The van der Waals surface area contributed by atoms with E-state index in [2.05, 4.69) is 5.10 Å². The summed E-state index contributed by atoms with van der Waals surface area (Å²) >= 11 is 0. The predicted octanol–water partition coefficient (Wildman–Crippen LogP) is 1.38. The quantitative estimate of drug-likeness (QED) is 0.777. The number of aromatic hydroxyl groups is 1. The van der Waals surface area contributed by atoms with Gasteiger partial charge in [0.25, 0.3) is 0 Å². The average molecular weight is 204 g/mol. The van der Waals surface area contributed by atoms with Crippen molar-refractivity contribution in [3.05, 3.63) is 41.7 Å². The van der Waals surface area contributed by atoms with Crippen molar-refractivity contribution in [1.29, 1.82) is 0 Å². The van der Waals surface area contributed by atoms with Crippen molar-refractivity contribution in [2.45, 2.75) is 13.5 Å². The van der Waals surface area contributed by atoms with E-state index in [1.54, 1.807) is 29.1 Å². The van der Waals surface area contributed by atoms with Crippen LogP contribution in [0.1, 0.15) is 11.3 Å². The third-order valence-electron chi connectivity index (χ3n) is 2.30. The van der Waals surface area contributed by atoms with Crippen molar-refractivity contribution in [1.82, 2.24) is 9.78 Å². The number of aryl methyl sites for hydroxylation is 1. The second-order valence-electron chi connectivity index (χ2n) is 3.33. The first-order valence-corrected chi connectivity index (χ1v) is 4.66. The van der Waals surface area contributed by atoms with Crippen molar-refractivity contribution in [2.75, 3.05) is 0 Å². The second-order valence-corrected chi connectivity index (χ2v) is 3.33. The molecule has 0 aliphatic heterocycles. The minimum Gasteiger partial charge on any atom is -0.506 e. The van der Waals surface area contributed by atoms with E-state index in [-0.39, 0.29) is 12.4 Å². The van der Waals surface area contributed by atoms with E-state index >= 15 is 0 Å². The summed E-state index contributed by atoms with van der Waals surface area (Å²) in [6, 6.07) is 6.95. The summed E-state index contributed by atoms with van der Waals surface area (Å²) in [7, 11) is 0. The Bertz CT molecular complexity index is 477. The van der Waals surface area contributed by atoms with Crippen molar-refractivity contribution in [2.24, 2.45) is 0 Å². The Kier molecular flexibility index (Phi) is 2.43. The van der Waals surface area contributed by atoms with E-state index in [0.29, 0.717) is 5.69 Å². The number of hydrogen-bond acceptors (Lipinski definition) is 3. The van der Waals surface area contributed by atoms with Gasteiger partial charge in [-0.15, -0.1) is 0 Å². The molecule has 0 bridgehead atoms. The van der Waals surface area contributed by atoms with Crippen LogP contribution in [-0.2, 0) is 6.61 Å². The van der Waals surface area contributed by atoms with Crippen LogP contribution in [0.5, 0.6) is 5.75 Å². The summed E-state index contributed by atoms with van der Waals surface area (Å²) < 4.78 is 1.57. The Hall–Kier alpha value is -1.81. The van der Waals surface area contributed by atoms with Crippen LogP contribution in [0, 0.1) is 6.92 Å². The van der Waals surface area contributed by atoms with Crippen molar-refractivity contribution < 1.29 is 10.2 Å². The molecule has 0 fully saturated rings. The van der Waals surface area contributed by atoms with Crippen LogP contribution in [0.4, 0.5) is 0 Å². The predicted molar refractivity (Wildman–Crippen MR) is 55.9 cm³/mol. The van der Waals surface area contributed by atoms with Gasteiger partial charge < -0.3 is 10.2 Å². The average Bonchev–Trinajstić information content (AvgIpc) is 2.60. The van der Waals surface area contributed by atoms with Gasteiger partial charge in [-0.1, -0.05) is 12.1 Å². The number of para-hydroxylation sites is 2. The summed E-state index contributed by atoms with van der Waals surface area (Å²) in [5.41, 5.74) is 2.14. The van der Waals surface area contributed by atoms with Crippen molar-refractivity contribution in [3.8, 4) is 11.4 Å². The molecule has 4 nitrogen and oxygen atoms in total. The molecule has 0 saturated heterocycles. The Labute approximate surface area is 87.4 Å². The zero-order chi connectivity index (χ0) is 10.8. The van der Waals surface area contributed by atoms with E-state index in [9.17, 15) is 5.11 Å². The monoisotopic (exact) mass is 204 g/mol. The molecule has 0 spiro atoms. The number of aliphatic hydroxyl groups is 1. The first-order chi connectivity index (χ1) is 7.22. The van der Waals surface area contributed by atoms with Crippen LogP contribution in [0.3, 0.4) is 0 Å². The molecule has 2 N–H and O–H groups in total. The molecule has 0 amide bonds. The van der Waals surface area contributed by atoms with Gasteiger partial charge in [0.1, 0.15) is 11.4 Å². The zero-order valence-electron chi connectivity index (χ0n) is 8.38. The number of hydrogen-bond donors (Lipinski definition) is 2. The maximum absolute atomic E-state index is 9.61. The summed E-state index contributed by atoms with van der Waals surface area (Å²) in [6.45, 7) is 1.78. The molecule has 78 valence electrons. The lowest BCUT2D eigenvalue weighted by atomic mass is 10.3. The highest BCUT2D eigenvalue weighted by Gasteiger charge is 2.07. The number of phenolic OH excluding ortho intramolecular Hbond substituents is 1. The minimum atomic E-state index is -0.0422. The molecule has 2 rings (SSSR count). The number of rotatable bonds is 2. The fraction of sp³-hybridized carbons (Fsp3) is 0.182. The minimum absolute atomic E-state index is 0.0422. The zero-order valence-corrected chi connectivity index (χ0v) is 8.38. The topological polar surface area (TPSA) is 58.3 Å². The molecule has 1 aromatic heterocycles. The second kappa shape index (κ2) is 3.74. The standard InChI is InChI=1S/C11H12N2O2/c1-8-9(7-14)6-13(12-8)10-4-2-3-5-11(10)15/h2-6,14-15H,7H2,1H3. The molecular formula is C11H12N2O2. The van der Waals surface area contributed by atoms with E-state index in [4.69, 9.17) is 5.11 Å². The van der Waals surface area contributed by atoms with E-state index in [1.165, 1.54) is 0 Å². The number of aromatic nitrogens is 2. The highest BCUT2D eigenvalue weighted by Crippen LogP contribution is 2.21. The normalized spacial score (nSPS) is 10.5. The molecule has 1 aromatic carbocycles. The highest BCUT2D eigenvalue weighted by molar-refractivity contribution is 5.45. The molecule has 0 unspecified atom stereocenters. The van der Waals surface area contributed by atoms with Crippen LogP contribution < -0.4 is 0 Å². The SMILES string of the molecule is Cc1nn(-c2ccccc2O)cc1CO. The smallest absolute Gasteiger partial charge is 0.141 e. The summed E-state index contributed by atoms with van der Waals surface area (Å²) in [4.78, 5) is 0. The molecule has 15 heavy (non-hydrogen) atoms. The molecular weight excluding hydrogens is 192 g/mol. The first-order valence-electron chi connectivity index (χ1n) is 4.66. The van der Waals surface area contributed by atoms with Gasteiger partial charge in [-0.2, -0.15) is 5.10 Å². The maximum atomic E-state index is 9.61. The third-order valence-corrected chi connectivity index (χ3v) is 2.30. The van der Waals surface area contributed by atoms with Crippen LogP contribution in [0.25, 0.3) is 5.69 Å². The molecule has 2 aromatic rings. The van der Waals surface area contributed by atoms with Crippen LogP contribution >= 0.6 is 0 Å². The van der Waals surface area contributed by atoms with Crippen LogP contribution in [0.2, 0.25) is 0 Å². The third kappa shape index (κ3) is 1.71. The van der Waals surface area contributed by atoms with Gasteiger partial charge in [-0.25, -0.2) is 4.68 Å². The maximum Gasteiger partial charge on any atom is 0.141 e.